The molecule has 0 heterocycles. The lowest BCUT2D eigenvalue weighted by molar-refractivity contribution is -0.134. The van der Waals surface area contributed by atoms with E-state index in [1.54, 1.807) is 0 Å². The summed E-state index contributed by atoms with van der Waals surface area (Å²) in [6.07, 6.45) is 4.59. The highest BCUT2D eigenvalue weighted by atomic mass is 28.4. The summed E-state index contributed by atoms with van der Waals surface area (Å²) in [4.78, 5) is 22.7. The first-order chi connectivity index (χ1) is 9.40. The fourth-order valence-corrected chi connectivity index (χ4v) is 6.86. The summed E-state index contributed by atoms with van der Waals surface area (Å²) in [5, 5.41) is 8.77. The molecule has 0 amide bonds. The minimum atomic E-state index is -1.98. The van der Waals surface area contributed by atoms with Gasteiger partial charge in [-0.2, -0.15) is 0 Å². The van der Waals surface area contributed by atoms with Crippen LogP contribution in [0, 0.1) is 0 Å². The number of hydrogen-bond acceptors (Lipinski definition) is 3. The first-order valence-corrected chi connectivity index (χ1v) is 10.1. The van der Waals surface area contributed by atoms with Crippen molar-refractivity contribution >= 4 is 20.3 Å². The molecular weight excluding hydrogens is 272 g/mol. The molecule has 0 rings (SSSR count). The van der Waals surface area contributed by atoms with E-state index in [9.17, 15) is 9.59 Å². The van der Waals surface area contributed by atoms with Gasteiger partial charge in [-0.1, -0.05) is 46.1 Å². The summed E-state index contributed by atoms with van der Waals surface area (Å²) in [7, 11) is -1.98. The number of carboxylic acids is 1. The number of carbonyl (C=O) groups excluding carboxylic acids is 1. The molecule has 0 saturated carbocycles. The molecular formula is C15H28O4Si. The minimum Gasteiger partial charge on any atom is -0.519 e. The summed E-state index contributed by atoms with van der Waals surface area (Å²) in [5.74, 6) is -1.26. The topological polar surface area (TPSA) is 63.6 Å². The van der Waals surface area contributed by atoms with E-state index in [0.29, 0.717) is 0 Å². The van der Waals surface area contributed by atoms with E-state index < -0.39 is 14.3 Å². The molecule has 1 N–H and O–H groups in total. The van der Waals surface area contributed by atoms with Crippen LogP contribution in [0.2, 0.25) is 18.1 Å². The van der Waals surface area contributed by atoms with Crippen molar-refractivity contribution in [1.82, 2.24) is 0 Å². The molecule has 0 aliphatic heterocycles. The molecule has 0 fully saturated rings. The summed E-state index contributed by atoms with van der Waals surface area (Å²) >= 11 is 0. The third-order valence-electron chi connectivity index (χ3n) is 3.36. The molecule has 0 spiro atoms. The maximum absolute atomic E-state index is 12.0. The fraction of sp³-hybridized carbons (Fsp3) is 0.733. The van der Waals surface area contributed by atoms with E-state index in [1.807, 2.05) is 0 Å². The van der Waals surface area contributed by atoms with Crippen LogP contribution in [-0.2, 0) is 14.0 Å². The van der Waals surface area contributed by atoms with Crippen LogP contribution in [0.3, 0.4) is 0 Å². The third-order valence-corrected chi connectivity index (χ3v) is 8.25. The van der Waals surface area contributed by atoms with Crippen LogP contribution in [0.15, 0.2) is 11.6 Å². The van der Waals surface area contributed by atoms with Gasteiger partial charge in [-0.3, -0.25) is 4.79 Å². The first kappa shape index (κ1) is 18.9. The molecule has 0 radical (unpaired) electrons. The van der Waals surface area contributed by atoms with Gasteiger partial charge in [0.1, 0.15) is 0 Å². The SMILES string of the molecule is CCC[Si](CCC)(CCC)OC(=O)CC=C(C)C(=O)O. The summed E-state index contributed by atoms with van der Waals surface area (Å²) in [6, 6.07) is 3.01. The highest BCUT2D eigenvalue weighted by molar-refractivity contribution is 6.75. The lowest BCUT2D eigenvalue weighted by atomic mass is 10.2. The Morgan fingerprint density at radius 1 is 1.05 bits per heavy atom. The number of carbonyl (C=O) groups is 2. The smallest absolute Gasteiger partial charge is 0.330 e. The van der Waals surface area contributed by atoms with Gasteiger partial charge in [0, 0.05) is 5.57 Å². The number of aliphatic carboxylic acids is 1. The molecule has 0 atom stereocenters. The van der Waals surface area contributed by atoms with Crippen molar-refractivity contribution < 1.29 is 19.1 Å². The van der Waals surface area contributed by atoms with Crippen LogP contribution < -0.4 is 0 Å². The highest BCUT2D eigenvalue weighted by Crippen LogP contribution is 2.28. The second-order valence-electron chi connectivity index (χ2n) is 5.30. The zero-order valence-corrected chi connectivity index (χ0v) is 14.2. The highest BCUT2D eigenvalue weighted by Gasteiger charge is 2.35. The minimum absolute atomic E-state index is 0.0595. The van der Waals surface area contributed by atoms with E-state index in [4.69, 9.17) is 9.53 Å². The van der Waals surface area contributed by atoms with Gasteiger partial charge in [0.05, 0.1) is 6.42 Å². The van der Waals surface area contributed by atoms with Crippen LogP contribution >= 0.6 is 0 Å². The largest absolute Gasteiger partial charge is 0.519 e. The standard InChI is InChI=1S/C15H28O4Si/c1-5-10-20(11-6-2,12-7-3)19-14(16)9-8-13(4)15(17)18/h8H,5-7,9-12H2,1-4H3,(H,17,18). The van der Waals surface area contributed by atoms with E-state index in [1.165, 1.54) is 13.0 Å². The Balaban J connectivity index is 4.74. The van der Waals surface area contributed by atoms with Gasteiger partial charge < -0.3 is 9.53 Å². The molecule has 0 aromatic carbocycles. The van der Waals surface area contributed by atoms with Gasteiger partial charge in [-0.25, -0.2) is 4.79 Å². The van der Waals surface area contributed by atoms with E-state index in [-0.39, 0.29) is 18.0 Å². The maximum atomic E-state index is 12.0. The summed E-state index contributed by atoms with van der Waals surface area (Å²) in [5.41, 5.74) is 0.190. The Morgan fingerprint density at radius 2 is 1.50 bits per heavy atom. The molecule has 20 heavy (non-hydrogen) atoms. The second kappa shape index (κ2) is 9.75. The molecule has 0 aromatic rings. The summed E-state index contributed by atoms with van der Waals surface area (Å²) in [6.45, 7) is 7.85. The van der Waals surface area contributed by atoms with E-state index >= 15 is 0 Å². The van der Waals surface area contributed by atoms with Crippen LogP contribution in [-0.4, -0.2) is 25.4 Å². The Labute approximate surface area is 123 Å². The molecule has 0 aromatic heterocycles. The quantitative estimate of drug-likeness (QED) is 0.487. The molecule has 4 nitrogen and oxygen atoms in total. The van der Waals surface area contributed by atoms with Crippen molar-refractivity contribution in [2.24, 2.45) is 0 Å². The fourth-order valence-electron chi connectivity index (χ4n) is 2.50. The Hall–Kier alpha value is -1.10. The van der Waals surface area contributed by atoms with Crippen molar-refractivity contribution in [3.8, 4) is 0 Å². The molecule has 5 heteroatoms. The Bertz CT molecular complexity index is 333. The molecule has 0 aliphatic carbocycles. The van der Waals surface area contributed by atoms with Gasteiger partial charge in [-0.15, -0.1) is 0 Å². The summed E-state index contributed by atoms with van der Waals surface area (Å²) < 4.78 is 5.85. The first-order valence-electron chi connectivity index (χ1n) is 7.52. The molecule has 0 saturated heterocycles. The van der Waals surface area contributed by atoms with Crippen molar-refractivity contribution in [2.75, 3.05) is 0 Å². The van der Waals surface area contributed by atoms with Crippen molar-refractivity contribution in [3.63, 3.8) is 0 Å². The molecule has 0 aliphatic rings. The number of rotatable bonds is 10. The Morgan fingerprint density at radius 3 is 1.85 bits per heavy atom. The van der Waals surface area contributed by atoms with Crippen LogP contribution in [0.25, 0.3) is 0 Å². The van der Waals surface area contributed by atoms with Gasteiger partial charge in [0.15, 0.2) is 0 Å². The zero-order valence-electron chi connectivity index (χ0n) is 13.2. The van der Waals surface area contributed by atoms with Gasteiger partial charge in [0.2, 0.25) is 0 Å². The second-order valence-corrected chi connectivity index (χ2v) is 9.37. The number of hydrogen-bond donors (Lipinski definition) is 1. The van der Waals surface area contributed by atoms with Crippen LogP contribution in [0.1, 0.15) is 53.4 Å². The predicted octanol–water partition coefficient (Wildman–Crippen LogP) is 4.13. The van der Waals surface area contributed by atoms with Gasteiger partial charge >= 0.3 is 5.97 Å². The lowest BCUT2D eigenvalue weighted by Gasteiger charge is -2.30. The predicted molar refractivity (Wildman–Crippen MR) is 83.1 cm³/mol. The molecule has 0 bridgehead atoms. The van der Waals surface area contributed by atoms with Crippen molar-refractivity contribution in [1.29, 1.82) is 0 Å². The molecule has 0 unspecified atom stereocenters. The Kier molecular flexibility index (Phi) is 9.21. The number of carboxylic acid groups (broad SMARTS) is 1. The lowest BCUT2D eigenvalue weighted by Crippen LogP contribution is -2.39. The zero-order chi connectivity index (χ0) is 15.6. The normalized spacial score (nSPS) is 12.3. The van der Waals surface area contributed by atoms with Crippen molar-refractivity contribution in [3.05, 3.63) is 11.6 Å². The van der Waals surface area contributed by atoms with E-state index in [2.05, 4.69) is 20.8 Å². The average molecular weight is 300 g/mol. The van der Waals surface area contributed by atoms with Crippen LogP contribution in [0.4, 0.5) is 0 Å². The molecule has 116 valence electrons. The van der Waals surface area contributed by atoms with Gasteiger partial charge in [-0.05, 0) is 25.1 Å². The van der Waals surface area contributed by atoms with Crippen LogP contribution in [0.5, 0.6) is 0 Å². The average Bonchev–Trinajstić information content (AvgIpc) is 2.36. The van der Waals surface area contributed by atoms with Crippen molar-refractivity contribution in [2.45, 2.75) is 71.5 Å². The maximum Gasteiger partial charge on any atom is 0.330 e. The third kappa shape index (κ3) is 6.89. The monoisotopic (exact) mass is 300 g/mol. The van der Waals surface area contributed by atoms with Gasteiger partial charge in [0.25, 0.3) is 14.3 Å². The van der Waals surface area contributed by atoms with E-state index in [0.717, 1.165) is 37.4 Å².